The first-order valence-corrected chi connectivity index (χ1v) is 5.95. The van der Waals surface area contributed by atoms with Gasteiger partial charge in [0, 0.05) is 11.4 Å². The van der Waals surface area contributed by atoms with Crippen molar-refractivity contribution in [3.63, 3.8) is 0 Å². The highest BCUT2D eigenvalue weighted by molar-refractivity contribution is 6.30. The van der Waals surface area contributed by atoms with Crippen molar-refractivity contribution in [2.45, 2.75) is 12.8 Å². The molecule has 1 aromatic carbocycles. The number of benzene rings is 1. The maximum atomic E-state index is 11.2. The van der Waals surface area contributed by atoms with E-state index in [-0.39, 0.29) is 18.3 Å². The zero-order chi connectivity index (χ0) is 12.5. The van der Waals surface area contributed by atoms with Gasteiger partial charge in [-0.05, 0) is 37.2 Å². The highest BCUT2D eigenvalue weighted by Crippen LogP contribution is 2.14. The molecule has 4 nitrogen and oxygen atoms in total. The van der Waals surface area contributed by atoms with Gasteiger partial charge in [0.2, 0.25) is 5.91 Å². The highest BCUT2D eigenvalue weighted by Gasteiger charge is 1.99. The Labute approximate surface area is 118 Å². The Balaban J connectivity index is 0.00000289. The van der Waals surface area contributed by atoms with E-state index in [1.807, 2.05) is 0 Å². The summed E-state index contributed by atoms with van der Waals surface area (Å²) in [7, 11) is 0. The van der Waals surface area contributed by atoms with E-state index in [9.17, 15) is 4.79 Å². The predicted octanol–water partition coefficient (Wildman–Crippen LogP) is 2.00. The number of nitrogens with two attached hydrogens (primary N) is 1. The lowest BCUT2D eigenvalue weighted by molar-refractivity contribution is -0.121. The molecule has 0 fully saturated rings. The van der Waals surface area contributed by atoms with Gasteiger partial charge < -0.3 is 15.8 Å². The number of ether oxygens (including phenoxy) is 1. The van der Waals surface area contributed by atoms with Gasteiger partial charge >= 0.3 is 0 Å². The smallest absolute Gasteiger partial charge is 0.220 e. The first-order chi connectivity index (χ1) is 8.22. The number of nitrogens with one attached hydrogen (secondary N) is 1. The van der Waals surface area contributed by atoms with Crippen molar-refractivity contribution in [2.75, 3.05) is 19.7 Å². The van der Waals surface area contributed by atoms with Gasteiger partial charge in [0.25, 0.3) is 0 Å². The molecule has 102 valence electrons. The first-order valence-electron chi connectivity index (χ1n) is 5.57. The van der Waals surface area contributed by atoms with E-state index < -0.39 is 0 Å². The molecule has 18 heavy (non-hydrogen) atoms. The second-order valence-electron chi connectivity index (χ2n) is 3.54. The van der Waals surface area contributed by atoms with Crippen molar-refractivity contribution in [1.82, 2.24) is 5.32 Å². The summed E-state index contributed by atoms with van der Waals surface area (Å²) >= 11 is 5.74. The number of carbonyl (C=O) groups excluding carboxylic acids is 1. The van der Waals surface area contributed by atoms with E-state index in [1.165, 1.54) is 0 Å². The summed E-state index contributed by atoms with van der Waals surface area (Å²) in [6.45, 7) is 1.47. The van der Waals surface area contributed by atoms with E-state index in [2.05, 4.69) is 5.32 Å². The average molecular weight is 293 g/mol. The zero-order valence-corrected chi connectivity index (χ0v) is 11.6. The maximum Gasteiger partial charge on any atom is 0.220 e. The second-order valence-corrected chi connectivity index (χ2v) is 3.98. The van der Waals surface area contributed by atoms with Crippen LogP contribution in [0.5, 0.6) is 5.75 Å². The van der Waals surface area contributed by atoms with Crippen molar-refractivity contribution in [3.8, 4) is 5.75 Å². The topological polar surface area (TPSA) is 64.4 Å². The first kappa shape index (κ1) is 17.0. The van der Waals surface area contributed by atoms with Crippen LogP contribution in [-0.2, 0) is 4.79 Å². The lowest BCUT2D eigenvalue weighted by Gasteiger charge is -2.07. The fourth-order valence-corrected chi connectivity index (χ4v) is 1.37. The molecule has 0 bridgehead atoms. The minimum Gasteiger partial charge on any atom is -0.492 e. The van der Waals surface area contributed by atoms with Crippen LogP contribution in [0, 0.1) is 0 Å². The Morgan fingerprint density at radius 2 is 2.00 bits per heavy atom. The monoisotopic (exact) mass is 292 g/mol. The van der Waals surface area contributed by atoms with Crippen LogP contribution in [0.1, 0.15) is 12.8 Å². The summed E-state index contributed by atoms with van der Waals surface area (Å²) < 4.78 is 5.42. The fraction of sp³-hybridized carbons (Fsp3) is 0.417. The van der Waals surface area contributed by atoms with Crippen LogP contribution in [0.4, 0.5) is 0 Å². The van der Waals surface area contributed by atoms with E-state index >= 15 is 0 Å². The van der Waals surface area contributed by atoms with Crippen molar-refractivity contribution in [3.05, 3.63) is 29.3 Å². The minimum absolute atomic E-state index is 0. The number of carbonyl (C=O) groups is 1. The summed E-state index contributed by atoms with van der Waals surface area (Å²) in [5.74, 6) is 0.751. The number of hydrogen-bond donors (Lipinski definition) is 2. The highest BCUT2D eigenvalue weighted by atomic mass is 35.5. The van der Waals surface area contributed by atoms with Gasteiger partial charge in [-0.3, -0.25) is 4.79 Å². The molecule has 0 aliphatic rings. The molecule has 1 rings (SSSR count). The average Bonchev–Trinajstić information content (AvgIpc) is 2.34. The molecule has 0 saturated heterocycles. The minimum atomic E-state index is 0. The van der Waals surface area contributed by atoms with Crippen molar-refractivity contribution in [1.29, 1.82) is 0 Å². The van der Waals surface area contributed by atoms with Gasteiger partial charge in [0.15, 0.2) is 0 Å². The molecule has 0 heterocycles. The molecule has 0 aromatic heterocycles. The molecule has 6 heteroatoms. The van der Waals surface area contributed by atoms with Crippen LogP contribution < -0.4 is 15.8 Å². The number of amides is 1. The predicted molar refractivity (Wildman–Crippen MR) is 75.5 cm³/mol. The van der Waals surface area contributed by atoms with Crippen LogP contribution >= 0.6 is 24.0 Å². The fourth-order valence-electron chi connectivity index (χ4n) is 1.24. The standard InChI is InChI=1S/C12H17ClN2O2.ClH/c13-10-3-5-11(6-4-10)17-9-8-15-12(16)2-1-7-14;/h3-6H,1-2,7-9,14H2,(H,15,16);1H. The number of hydrogen-bond acceptors (Lipinski definition) is 3. The molecule has 0 aliphatic heterocycles. The van der Waals surface area contributed by atoms with Crippen LogP contribution in [0.15, 0.2) is 24.3 Å². The van der Waals surface area contributed by atoms with E-state index in [0.29, 0.717) is 37.6 Å². The zero-order valence-electron chi connectivity index (χ0n) is 10.0. The Bertz CT molecular complexity index is 344. The third-order valence-electron chi connectivity index (χ3n) is 2.11. The van der Waals surface area contributed by atoms with Gasteiger partial charge in [-0.1, -0.05) is 11.6 Å². The quantitative estimate of drug-likeness (QED) is 0.756. The van der Waals surface area contributed by atoms with E-state index in [4.69, 9.17) is 22.1 Å². The summed E-state index contributed by atoms with van der Waals surface area (Å²) in [6.07, 6.45) is 1.18. The van der Waals surface area contributed by atoms with Gasteiger partial charge in [-0.25, -0.2) is 0 Å². The summed E-state index contributed by atoms with van der Waals surface area (Å²) in [5.41, 5.74) is 5.30. The maximum absolute atomic E-state index is 11.2. The summed E-state index contributed by atoms with van der Waals surface area (Å²) in [6, 6.07) is 7.10. The molecule has 1 amide bonds. The Morgan fingerprint density at radius 1 is 1.33 bits per heavy atom. The largest absolute Gasteiger partial charge is 0.492 e. The molecule has 1 aromatic rings. The molecule has 0 unspecified atom stereocenters. The van der Waals surface area contributed by atoms with E-state index in [1.54, 1.807) is 24.3 Å². The molecular formula is C12H18Cl2N2O2. The van der Waals surface area contributed by atoms with Crippen LogP contribution in [0.25, 0.3) is 0 Å². The molecule has 0 aliphatic carbocycles. The number of rotatable bonds is 7. The Hall–Kier alpha value is -0.970. The summed E-state index contributed by atoms with van der Waals surface area (Å²) in [4.78, 5) is 11.2. The number of halogens is 2. The van der Waals surface area contributed by atoms with E-state index in [0.717, 1.165) is 5.75 Å². The van der Waals surface area contributed by atoms with Gasteiger partial charge in [-0.15, -0.1) is 12.4 Å². The summed E-state index contributed by atoms with van der Waals surface area (Å²) in [5, 5.41) is 3.43. The van der Waals surface area contributed by atoms with Crippen molar-refractivity contribution < 1.29 is 9.53 Å². The van der Waals surface area contributed by atoms with Gasteiger partial charge in [0.05, 0.1) is 6.54 Å². The molecule has 0 spiro atoms. The molecule has 0 atom stereocenters. The van der Waals surface area contributed by atoms with Crippen LogP contribution in [0.2, 0.25) is 5.02 Å². The Morgan fingerprint density at radius 3 is 2.61 bits per heavy atom. The SMILES string of the molecule is Cl.NCCCC(=O)NCCOc1ccc(Cl)cc1. The van der Waals surface area contributed by atoms with Crippen LogP contribution in [0.3, 0.4) is 0 Å². The molecule has 0 saturated carbocycles. The lowest BCUT2D eigenvalue weighted by Crippen LogP contribution is -2.28. The Kier molecular flexibility index (Phi) is 9.46. The van der Waals surface area contributed by atoms with Gasteiger partial charge in [0.1, 0.15) is 12.4 Å². The van der Waals surface area contributed by atoms with Crippen LogP contribution in [-0.4, -0.2) is 25.6 Å². The second kappa shape index (κ2) is 10.00. The van der Waals surface area contributed by atoms with Crippen molar-refractivity contribution in [2.24, 2.45) is 5.73 Å². The lowest BCUT2D eigenvalue weighted by atomic mass is 10.3. The third-order valence-corrected chi connectivity index (χ3v) is 2.37. The molecule has 0 radical (unpaired) electrons. The molecule has 3 N–H and O–H groups in total. The normalized spacial score (nSPS) is 9.44. The van der Waals surface area contributed by atoms with Gasteiger partial charge in [-0.2, -0.15) is 0 Å². The third kappa shape index (κ3) is 7.37. The van der Waals surface area contributed by atoms with Crippen molar-refractivity contribution >= 4 is 29.9 Å². The molecular weight excluding hydrogens is 275 g/mol.